The average Bonchev–Trinajstić information content (AvgIpc) is 3.12. The van der Waals surface area contributed by atoms with Crippen LogP contribution in [-0.2, 0) is 10.0 Å². The lowest BCUT2D eigenvalue weighted by Gasteiger charge is -2.42. The summed E-state index contributed by atoms with van der Waals surface area (Å²) in [4.78, 5) is 14.8. The molecule has 0 radical (unpaired) electrons. The number of amides is 1. The van der Waals surface area contributed by atoms with Crippen molar-refractivity contribution in [3.63, 3.8) is 0 Å². The van der Waals surface area contributed by atoms with Gasteiger partial charge in [-0.1, -0.05) is 13.8 Å². The molecular formula is C18H27N3O3S. The highest BCUT2D eigenvalue weighted by molar-refractivity contribution is 7.89. The Hall–Kier alpha value is -1.44. The summed E-state index contributed by atoms with van der Waals surface area (Å²) in [5, 5.41) is 0. The van der Waals surface area contributed by atoms with Crippen molar-refractivity contribution in [3.8, 4) is 0 Å². The zero-order valence-corrected chi connectivity index (χ0v) is 15.8. The van der Waals surface area contributed by atoms with Gasteiger partial charge in [0.25, 0.3) is 5.91 Å². The smallest absolute Gasteiger partial charge is 0.253 e. The molecule has 2 fully saturated rings. The highest BCUT2D eigenvalue weighted by Gasteiger charge is 2.35. The Kier molecular flexibility index (Phi) is 4.92. The quantitative estimate of drug-likeness (QED) is 0.883. The number of nitrogens with zero attached hydrogens (tertiary/aromatic N) is 2. The first-order chi connectivity index (χ1) is 11.7. The van der Waals surface area contributed by atoms with Crippen molar-refractivity contribution in [2.75, 3.05) is 26.2 Å². The fraction of sp³-hybridized carbons (Fsp3) is 0.611. The van der Waals surface area contributed by atoms with Crippen LogP contribution in [0.15, 0.2) is 29.2 Å². The van der Waals surface area contributed by atoms with Crippen LogP contribution in [0.1, 0.15) is 43.5 Å². The van der Waals surface area contributed by atoms with E-state index in [1.807, 2.05) is 4.90 Å². The summed E-state index contributed by atoms with van der Waals surface area (Å²) in [5.74, 6) is -0.0647. The molecule has 138 valence electrons. The largest absolute Gasteiger partial charge is 0.338 e. The van der Waals surface area contributed by atoms with Crippen LogP contribution < -0.4 is 5.73 Å². The number of benzene rings is 1. The predicted molar refractivity (Wildman–Crippen MR) is 96.7 cm³/mol. The number of carbonyl (C=O) groups excluding carboxylic acids is 1. The molecule has 2 aliphatic heterocycles. The van der Waals surface area contributed by atoms with Gasteiger partial charge < -0.3 is 10.6 Å². The van der Waals surface area contributed by atoms with Crippen molar-refractivity contribution in [1.29, 1.82) is 0 Å². The molecule has 2 saturated heterocycles. The second-order valence-electron chi connectivity index (χ2n) is 7.75. The molecule has 2 heterocycles. The first-order valence-corrected chi connectivity index (χ1v) is 10.3. The van der Waals surface area contributed by atoms with Crippen LogP contribution in [0.25, 0.3) is 0 Å². The fourth-order valence-corrected chi connectivity index (χ4v) is 5.09. The second kappa shape index (κ2) is 6.70. The van der Waals surface area contributed by atoms with Crippen molar-refractivity contribution < 1.29 is 13.2 Å². The summed E-state index contributed by atoms with van der Waals surface area (Å²) in [6, 6.07) is 6.41. The molecular weight excluding hydrogens is 338 g/mol. The number of likely N-dealkylation sites (tertiary alicyclic amines) is 1. The van der Waals surface area contributed by atoms with Gasteiger partial charge in [0.15, 0.2) is 0 Å². The van der Waals surface area contributed by atoms with Gasteiger partial charge in [0.05, 0.1) is 4.90 Å². The van der Waals surface area contributed by atoms with Gasteiger partial charge in [0, 0.05) is 37.8 Å². The van der Waals surface area contributed by atoms with Crippen LogP contribution in [0, 0.1) is 5.41 Å². The van der Waals surface area contributed by atoms with E-state index in [1.54, 1.807) is 24.3 Å². The molecule has 1 amide bonds. The van der Waals surface area contributed by atoms with Gasteiger partial charge in [-0.15, -0.1) is 0 Å². The molecule has 25 heavy (non-hydrogen) atoms. The number of hydrogen-bond acceptors (Lipinski definition) is 4. The number of nitrogens with two attached hydrogens (primary N) is 1. The summed E-state index contributed by atoms with van der Waals surface area (Å²) in [6.07, 6.45) is 2.59. The minimum Gasteiger partial charge on any atom is -0.338 e. The molecule has 6 nitrogen and oxygen atoms in total. The third-order valence-electron chi connectivity index (χ3n) is 5.40. The molecule has 2 N–H and O–H groups in total. The van der Waals surface area contributed by atoms with E-state index in [1.165, 1.54) is 4.31 Å². The Bertz CT molecular complexity index is 737. The summed E-state index contributed by atoms with van der Waals surface area (Å²) in [5.41, 5.74) is 6.53. The van der Waals surface area contributed by atoms with E-state index < -0.39 is 10.0 Å². The van der Waals surface area contributed by atoms with E-state index in [0.717, 1.165) is 19.3 Å². The van der Waals surface area contributed by atoms with Crippen LogP contribution in [0.3, 0.4) is 0 Å². The molecule has 3 rings (SSSR count). The number of sulfonamides is 1. The Morgan fingerprint density at radius 3 is 2.28 bits per heavy atom. The first kappa shape index (κ1) is 18.4. The number of carbonyl (C=O) groups is 1. The standard InChI is InChI=1S/C18H27N3O3S/c1-18(2)13-20(12-9-16(18)19)17(22)14-5-7-15(8-6-14)25(23,24)21-10-3-4-11-21/h5-8,16H,3-4,9-13,19H2,1-2H3. The van der Waals surface area contributed by atoms with Crippen molar-refractivity contribution in [2.45, 2.75) is 44.0 Å². The number of piperidine rings is 1. The van der Waals surface area contributed by atoms with Gasteiger partial charge in [0.2, 0.25) is 10.0 Å². The molecule has 1 unspecified atom stereocenters. The fourth-order valence-electron chi connectivity index (χ4n) is 3.58. The highest BCUT2D eigenvalue weighted by Crippen LogP contribution is 2.29. The molecule has 0 aliphatic carbocycles. The van der Waals surface area contributed by atoms with Crippen LogP contribution >= 0.6 is 0 Å². The van der Waals surface area contributed by atoms with E-state index >= 15 is 0 Å². The minimum absolute atomic E-state index is 0.0647. The highest BCUT2D eigenvalue weighted by atomic mass is 32.2. The molecule has 0 spiro atoms. The third-order valence-corrected chi connectivity index (χ3v) is 7.32. The van der Waals surface area contributed by atoms with E-state index in [4.69, 9.17) is 5.73 Å². The molecule has 1 aromatic rings. The number of rotatable bonds is 3. The lowest BCUT2D eigenvalue weighted by molar-refractivity contribution is 0.0533. The first-order valence-electron chi connectivity index (χ1n) is 8.87. The van der Waals surface area contributed by atoms with Gasteiger partial charge in [-0.2, -0.15) is 4.31 Å². The summed E-state index contributed by atoms with van der Waals surface area (Å²) in [7, 11) is -3.44. The zero-order chi connectivity index (χ0) is 18.2. The van der Waals surface area contributed by atoms with Crippen molar-refractivity contribution >= 4 is 15.9 Å². The van der Waals surface area contributed by atoms with Gasteiger partial charge in [-0.3, -0.25) is 4.79 Å². The monoisotopic (exact) mass is 365 g/mol. The van der Waals surface area contributed by atoms with E-state index in [9.17, 15) is 13.2 Å². The Labute approximate surface area is 150 Å². The molecule has 2 aliphatic rings. The van der Waals surface area contributed by atoms with Crippen molar-refractivity contribution in [3.05, 3.63) is 29.8 Å². The predicted octanol–water partition coefficient (Wildman–Crippen LogP) is 1.67. The molecule has 1 aromatic carbocycles. The Balaban J connectivity index is 1.75. The maximum absolute atomic E-state index is 12.7. The van der Waals surface area contributed by atoms with Crippen LogP contribution in [0.5, 0.6) is 0 Å². The Morgan fingerprint density at radius 2 is 1.72 bits per heavy atom. The number of hydrogen-bond donors (Lipinski definition) is 1. The Morgan fingerprint density at radius 1 is 1.12 bits per heavy atom. The van der Waals surface area contributed by atoms with Crippen LogP contribution in [0.2, 0.25) is 0 Å². The van der Waals surface area contributed by atoms with Gasteiger partial charge >= 0.3 is 0 Å². The third kappa shape index (κ3) is 3.59. The molecule has 7 heteroatoms. The van der Waals surface area contributed by atoms with E-state index in [-0.39, 0.29) is 22.3 Å². The average molecular weight is 365 g/mol. The SMILES string of the molecule is CC1(C)CN(C(=O)c2ccc(S(=O)(=O)N3CCCC3)cc2)CCC1N. The summed E-state index contributed by atoms with van der Waals surface area (Å²) in [6.45, 7) is 6.54. The molecule has 0 saturated carbocycles. The maximum atomic E-state index is 12.7. The van der Waals surface area contributed by atoms with Crippen LogP contribution in [-0.4, -0.2) is 55.8 Å². The van der Waals surface area contributed by atoms with Gasteiger partial charge in [-0.05, 0) is 48.9 Å². The van der Waals surface area contributed by atoms with Crippen LogP contribution in [0.4, 0.5) is 0 Å². The van der Waals surface area contributed by atoms with Gasteiger partial charge in [0.1, 0.15) is 0 Å². The lowest BCUT2D eigenvalue weighted by Crippen LogP contribution is -2.54. The second-order valence-corrected chi connectivity index (χ2v) is 9.68. The molecule has 1 atom stereocenters. The van der Waals surface area contributed by atoms with E-state index in [0.29, 0.717) is 31.7 Å². The minimum atomic E-state index is -3.44. The molecule has 0 bridgehead atoms. The van der Waals surface area contributed by atoms with Crippen molar-refractivity contribution in [1.82, 2.24) is 9.21 Å². The van der Waals surface area contributed by atoms with E-state index in [2.05, 4.69) is 13.8 Å². The summed E-state index contributed by atoms with van der Waals surface area (Å²) >= 11 is 0. The maximum Gasteiger partial charge on any atom is 0.253 e. The summed E-state index contributed by atoms with van der Waals surface area (Å²) < 4.78 is 26.6. The normalized spacial score (nSPS) is 24.4. The van der Waals surface area contributed by atoms with Gasteiger partial charge in [-0.25, -0.2) is 8.42 Å². The lowest BCUT2D eigenvalue weighted by atomic mass is 9.79. The molecule has 0 aromatic heterocycles. The van der Waals surface area contributed by atoms with Crippen molar-refractivity contribution in [2.24, 2.45) is 11.1 Å². The zero-order valence-electron chi connectivity index (χ0n) is 14.9. The topological polar surface area (TPSA) is 83.7 Å².